The molecule has 0 aliphatic heterocycles. The van der Waals surface area contributed by atoms with Crippen LogP contribution < -0.4 is 15.4 Å². The molecule has 0 bridgehead atoms. The molecule has 20 heavy (non-hydrogen) atoms. The number of anilines is 1. The van der Waals surface area contributed by atoms with E-state index in [1.807, 2.05) is 5.32 Å². The van der Waals surface area contributed by atoms with E-state index in [9.17, 15) is 18.4 Å². The summed E-state index contributed by atoms with van der Waals surface area (Å²) < 4.78 is 28.7. The molecule has 0 saturated carbocycles. The van der Waals surface area contributed by atoms with Crippen molar-refractivity contribution in [1.29, 1.82) is 0 Å². The summed E-state index contributed by atoms with van der Waals surface area (Å²) in [6.45, 7) is -0.812. The molecule has 0 saturated heterocycles. The highest BCUT2D eigenvalue weighted by atomic mass is 35.5. The number of alkyl halides is 2. The number of ether oxygens (including phenoxy) is 1. The van der Waals surface area contributed by atoms with Crippen molar-refractivity contribution in [2.75, 3.05) is 19.0 Å². The van der Waals surface area contributed by atoms with Gasteiger partial charge in [-0.15, -0.1) is 0 Å². The van der Waals surface area contributed by atoms with E-state index in [-0.39, 0.29) is 22.0 Å². The van der Waals surface area contributed by atoms with E-state index in [0.717, 1.165) is 6.07 Å². The molecule has 1 rings (SSSR count). The highest BCUT2D eigenvalue weighted by Crippen LogP contribution is 2.30. The molecule has 0 atom stereocenters. The largest absolute Gasteiger partial charge is 0.496 e. The Balaban J connectivity index is 2.91. The zero-order valence-corrected chi connectivity index (χ0v) is 11.0. The van der Waals surface area contributed by atoms with Crippen LogP contribution in [0.15, 0.2) is 12.1 Å². The predicted octanol–water partition coefficient (Wildman–Crippen LogP) is 2.43. The fraction of sp³-hybridized carbons (Fsp3) is 0.273. The van der Waals surface area contributed by atoms with Gasteiger partial charge in [0.05, 0.1) is 24.4 Å². The topological polar surface area (TPSA) is 87.7 Å². The normalized spacial score (nSPS) is 10.2. The lowest BCUT2D eigenvalue weighted by Crippen LogP contribution is -2.32. The standard InChI is InChI=1S/C11H11ClF2N2O4/c1-20-8-3-7(6(12)2-5(8)10(17)18)16-11(19)15-4-9(13)14/h2-3,9H,4H2,1H3,(H,17,18)(H2,15,16,19). The Labute approximate surface area is 117 Å². The monoisotopic (exact) mass is 308 g/mol. The summed E-state index contributed by atoms with van der Waals surface area (Å²) >= 11 is 5.80. The van der Waals surface area contributed by atoms with Gasteiger partial charge in [0, 0.05) is 6.07 Å². The number of benzene rings is 1. The molecule has 9 heteroatoms. The number of hydrogen-bond donors (Lipinski definition) is 3. The number of nitrogens with one attached hydrogen (secondary N) is 2. The number of rotatable bonds is 5. The Morgan fingerprint density at radius 1 is 1.45 bits per heavy atom. The molecule has 0 heterocycles. The van der Waals surface area contributed by atoms with E-state index < -0.39 is 25.0 Å². The number of urea groups is 1. The van der Waals surface area contributed by atoms with Gasteiger partial charge < -0.3 is 20.5 Å². The van der Waals surface area contributed by atoms with Crippen LogP contribution in [0, 0.1) is 0 Å². The first-order valence-corrected chi connectivity index (χ1v) is 5.66. The van der Waals surface area contributed by atoms with Crippen LogP contribution in [0.2, 0.25) is 5.02 Å². The number of aromatic carboxylic acids is 1. The number of carboxylic acids is 1. The summed E-state index contributed by atoms with van der Waals surface area (Å²) in [6.07, 6.45) is -2.68. The fourth-order valence-corrected chi connectivity index (χ4v) is 1.53. The van der Waals surface area contributed by atoms with E-state index in [1.54, 1.807) is 0 Å². The van der Waals surface area contributed by atoms with Gasteiger partial charge in [0.1, 0.15) is 11.3 Å². The summed E-state index contributed by atoms with van der Waals surface area (Å²) in [4.78, 5) is 22.2. The predicted molar refractivity (Wildman–Crippen MR) is 68.0 cm³/mol. The number of amides is 2. The minimum atomic E-state index is -2.68. The van der Waals surface area contributed by atoms with Crippen molar-refractivity contribution in [2.24, 2.45) is 0 Å². The lowest BCUT2D eigenvalue weighted by atomic mass is 10.2. The highest BCUT2D eigenvalue weighted by molar-refractivity contribution is 6.34. The third-order valence-corrected chi connectivity index (χ3v) is 2.50. The average molecular weight is 309 g/mol. The van der Waals surface area contributed by atoms with Crippen LogP contribution in [0.25, 0.3) is 0 Å². The summed E-state index contributed by atoms with van der Waals surface area (Å²) in [5, 5.41) is 13.0. The minimum absolute atomic E-state index is 0.0222. The molecule has 6 nitrogen and oxygen atoms in total. The maximum absolute atomic E-state index is 11.9. The van der Waals surface area contributed by atoms with Crippen LogP contribution in [0.4, 0.5) is 19.3 Å². The quantitative estimate of drug-likeness (QED) is 0.779. The maximum Gasteiger partial charge on any atom is 0.339 e. The van der Waals surface area contributed by atoms with Gasteiger partial charge in [-0.1, -0.05) is 11.6 Å². The SMILES string of the molecule is COc1cc(NC(=O)NCC(F)F)c(Cl)cc1C(=O)O. The molecule has 1 aromatic rings. The van der Waals surface area contributed by atoms with Crippen molar-refractivity contribution in [3.8, 4) is 5.75 Å². The van der Waals surface area contributed by atoms with Crippen LogP contribution in [0.1, 0.15) is 10.4 Å². The fourth-order valence-electron chi connectivity index (χ4n) is 1.32. The van der Waals surface area contributed by atoms with Crippen molar-refractivity contribution >= 4 is 29.3 Å². The number of carbonyl (C=O) groups is 2. The average Bonchev–Trinajstić information content (AvgIpc) is 2.38. The summed E-state index contributed by atoms with van der Waals surface area (Å²) in [5.41, 5.74) is -0.142. The molecule has 1 aromatic carbocycles. The van der Waals surface area contributed by atoms with Gasteiger partial charge in [-0.25, -0.2) is 18.4 Å². The van der Waals surface area contributed by atoms with Crippen LogP contribution in [-0.4, -0.2) is 37.2 Å². The Morgan fingerprint density at radius 3 is 2.60 bits per heavy atom. The van der Waals surface area contributed by atoms with Crippen molar-refractivity contribution in [2.45, 2.75) is 6.43 Å². The summed E-state index contributed by atoms with van der Waals surface area (Å²) in [6, 6.07) is 1.39. The van der Waals surface area contributed by atoms with Gasteiger partial charge in [0.2, 0.25) is 0 Å². The molecule has 0 aromatic heterocycles. The molecule has 0 aliphatic carbocycles. The first kappa shape index (κ1) is 16.0. The zero-order chi connectivity index (χ0) is 15.3. The summed E-state index contributed by atoms with van der Waals surface area (Å²) in [5.74, 6) is -1.27. The minimum Gasteiger partial charge on any atom is -0.496 e. The van der Waals surface area contributed by atoms with Gasteiger partial charge in [0.25, 0.3) is 6.43 Å². The van der Waals surface area contributed by atoms with Crippen LogP contribution in [0.5, 0.6) is 5.75 Å². The Morgan fingerprint density at radius 2 is 2.10 bits per heavy atom. The van der Waals surface area contributed by atoms with Crippen LogP contribution in [0.3, 0.4) is 0 Å². The highest BCUT2D eigenvalue weighted by Gasteiger charge is 2.16. The zero-order valence-electron chi connectivity index (χ0n) is 10.2. The third-order valence-electron chi connectivity index (χ3n) is 2.18. The first-order chi connectivity index (χ1) is 9.35. The van der Waals surface area contributed by atoms with Crippen LogP contribution in [-0.2, 0) is 0 Å². The molecular formula is C11H11ClF2N2O4. The van der Waals surface area contributed by atoms with E-state index in [1.165, 1.54) is 13.2 Å². The Bertz CT molecular complexity index is 525. The van der Waals surface area contributed by atoms with E-state index in [2.05, 4.69) is 5.32 Å². The van der Waals surface area contributed by atoms with Crippen molar-refractivity contribution in [3.05, 3.63) is 22.7 Å². The molecular weight excluding hydrogens is 298 g/mol. The molecule has 0 fully saturated rings. The van der Waals surface area contributed by atoms with E-state index >= 15 is 0 Å². The van der Waals surface area contributed by atoms with E-state index in [4.69, 9.17) is 21.4 Å². The lowest BCUT2D eigenvalue weighted by molar-refractivity contribution is 0.0693. The van der Waals surface area contributed by atoms with Gasteiger partial charge in [0.15, 0.2) is 0 Å². The summed E-state index contributed by atoms with van der Waals surface area (Å²) in [7, 11) is 1.25. The second-order valence-corrected chi connectivity index (χ2v) is 3.97. The Kier molecular flexibility index (Phi) is 5.51. The first-order valence-electron chi connectivity index (χ1n) is 5.29. The Hall–Kier alpha value is -2.09. The number of methoxy groups -OCH3 is 1. The molecule has 0 spiro atoms. The van der Waals surface area contributed by atoms with Crippen molar-refractivity contribution in [1.82, 2.24) is 5.32 Å². The van der Waals surface area contributed by atoms with Crippen molar-refractivity contribution < 1.29 is 28.2 Å². The second-order valence-electron chi connectivity index (χ2n) is 3.56. The number of carbonyl (C=O) groups excluding carboxylic acids is 1. The maximum atomic E-state index is 11.9. The lowest BCUT2D eigenvalue weighted by Gasteiger charge is -2.12. The molecule has 110 valence electrons. The second kappa shape index (κ2) is 6.90. The molecule has 0 aliphatic rings. The van der Waals surface area contributed by atoms with Gasteiger partial charge in [-0.2, -0.15) is 0 Å². The number of carboxylic acid groups (broad SMARTS) is 1. The third kappa shape index (κ3) is 4.23. The van der Waals surface area contributed by atoms with Gasteiger partial charge in [-0.3, -0.25) is 0 Å². The van der Waals surface area contributed by atoms with Gasteiger partial charge >= 0.3 is 12.0 Å². The van der Waals surface area contributed by atoms with Gasteiger partial charge in [-0.05, 0) is 6.07 Å². The molecule has 2 amide bonds. The van der Waals surface area contributed by atoms with Crippen molar-refractivity contribution in [3.63, 3.8) is 0 Å². The van der Waals surface area contributed by atoms with E-state index in [0.29, 0.717) is 0 Å². The number of halogens is 3. The molecule has 3 N–H and O–H groups in total. The number of hydrogen-bond acceptors (Lipinski definition) is 3. The molecule has 0 radical (unpaired) electrons. The van der Waals surface area contributed by atoms with Crippen LogP contribution >= 0.6 is 11.6 Å². The smallest absolute Gasteiger partial charge is 0.339 e. The molecule has 0 unspecified atom stereocenters.